The molecule has 0 unspecified atom stereocenters. The lowest BCUT2D eigenvalue weighted by molar-refractivity contribution is -0.895. The second-order valence-electron chi connectivity index (χ2n) is 7.79. The fourth-order valence-electron chi connectivity index (χ4n) is 5.51. The van der Waals surface area contributed by atoms with Gasteiger partial charge < -0.3 is 15.5 Å². The van der Waals surface area contributed by atoms with E-state index in [9.17, 15) is 0 Å². The Hall–Kier alpha value is -0.350. The van der Waals surface area contributed by atoms with Gasteiger partial charge in [0.1, 0.15) is 0 Å². The van der Waals surface area contributed by atoms with Crippen LogP contribution >= 0.6 is 12.2 Å². The standard InChI is InChI=1S/C17H31N3S/c1-3-20(4-2)6-5-18-16(21)19-17-10-13-7-14(11-17)9-15(8-13)12-17/h13-15H,3-12H2,1-2H3,(H2,18,19,21)/p+1. The van der Waals surface area contributed by atoms with Gasteiger partial charge in [0.2, 0.25) is 0 Å². The Labute approximate surface area is 135 Å². The van der Waals surface area contributed by atoms with Gasteiger partial charge in [0.25, 0.3) is 0 Å². The molecule has 0 aromatic rings. The van der Waals surface area contributed by atoms with E-state index < -0.39 is 0 Å². The molecule has 0 atom stereocenters. The summed E-state index contributed by atoms with van der Waals surface area (Å²) < 4.78 is 0. The van der Waals surface area contributed by atoms with Crippen molar-refractivity contribution in [3.05, 3.63) is 0 Å². The summed E-state index contributed by atoms with van der Waals surface area (Å²) in [6.45, 7) is 9.07. The Morgan fingerprint density at radius 2 is 1.57 bits per heavy atom. The summed E-state index contributed by atoms with van der Waals surface area (Å²) >= 11 is 5.58. The summed E-state index contributed by atoms with van der Waals surface area (Å²) in [5.41, 5.74) is 0.348. The van der Waals surface area contributed by atoms with Gasteiger partial charge in [-0.2, -0.15) is 0 Å². The van der Waals surface area contributed by atoms with E-state index in [0.717, 1.165) is 36.0 Å². The van der Waals surface area contributed by atoms with Crippen LogP contribution in [0.25, 0.3) is 0 Å². The largest absolute Gasteiger partial charge is 0.357 e. The fraction of sp³-hybridized carbons (Fsp3) is 0.941. The molecule has 0 spiro atoms. The summed E-state index contributed by atoms with van der Waals surface area (Å²) in [7, 11) is 0. The third kappa shape index (κ3) is 3.53. The normalized spacial score (nSPS) is 37.0. The molecule has 21 heavy (non-hydrogen) atoms. The molecule has 0 saturated heterocycles. The number of rotatable bonds is 6. The predicted molar refractivity (Wildman–Crippen MR) is 91.6 cm³/mol. The monoisotopic (exact) mass is 310 g/mol. The van der Waals surface area contributed by atoms with Crippen molar-refractivity contribution in [3.8, 4) is 0 Å². The van der Waals surface area contributed by atoms with Gasteiger partial charge in [0.15, 0.2) is 5.11 Å². The first kappa shape index (κ1) is 15.5. The first-order chi connectivity index (χ1) is 10.1. The van der Waals surface area contributed by atoms with Gasteiger partial charge in [-0.25, -0.2) is 0 Å². The molecule has 0 heterocycles. The van der Waals surface area contributed by atoms with Crippen molar-refractivity contribution in [2.45, 2.75) is 57.9 Å². The van der Waals surface area contributed by atoms with Crippen LogP contribution in [-0.2, 0) is 0 Å². The summed E-state index contributed by atoms with van der Waals surface area (Å²) in [5, 5.41) is 8.11. The molecule has 4 heteroatoms. The molecule has 0 aromatic heterocycles. The molecule has 120 valence electrons. The van der Waals surface area contributed by atoms with Crippen LogP contribution in [0, 0.1) is 17.8 Å². The van der Waals surface area contributed by atoms with Crippen molar-refractivity contribution >= 4 is 17.3 Å². The molecule has 4 fully saturated rings. The predicted octanol–water partition coefficient (Wildman–Crippen LogP) is 1.34. The highest BCUT2D eigenvalue weighted by molar-refractivity contribution is 7.80. The minimum absolute atomic E-state index is 0.348. The van der Waals surface area contributed by atoms with Crippen molar-refractivity contribution in [1.82, 2.24) is 10.6 Å². The Balaban J connectivity index is 1.46. The lowest BCUT2D eigenvalue weighted by Crippen LogP contribution is -3.12. The lowest BCUT2D eigenvalue weighted by atomic mass is 9.53. The van der Waals surface area contributed by atoms with Crippen LogP contribution in [0.2, 0.25) is 0 Å². The second-order valence-corrected chi connectivity index (χ2v) is 8.19. The molecule has 4 aliphatic carbocycles. The third-order valence-corrected chi connectivity index (χ3v) is 6.43. The summed E-state index contributed by atoms with van der Waals surface area (Å²) in [6, 6.07) is 0. The highest BCUT2D eigenvalue weighted by atomic mass is 32.1. The number of quaternary nitrogens is 1. The zero-order chi connectivity index (χ0) is 14.9. The molecular formula is C17H32N3S+. The van der Waals surface area contributed by atoms with E-state index in [1.807, 2.05) is 0 Å². The average Bonchev–Trinajstić information content (AvgIpc) is 2.41. The molecule has 4 saturated carbocycles. The first-order valence-corrected chi connectivity index (χ1v) is 9.43. The first-order valence-electron chi connectivity index (χ1n) is 9.02. The van der Waals surface area contributed by atoms with Gasteiger partial charge in [-0.1, -0.05) is 0 Å². The van der Waals surface area contributed by atoms with Crippen LogP contribution in [0.1, 0.15) is 52.4 Å². The third-order valence-electron chi connectivity index (χ3n) is 6.18. The number of hydrogen-bond donors (Lipinski definition) is 3. The van der Waals surface area contributed by atoms with E-state index in [1.54, 1.807) is 4.90 Å². The van der Waals surface area contributed by atoms with E-state index in [2.05, 4.69) is 24.5 Å². The molecule has 4 bridgehead atoms. The Kier molecular flexibility index (Phi) is 4.75. The van der Waals surface area contributed by atoms with Gasteiger partial charge in [0.05, 0.1) is 26.2 Å². The molecule has 3 nitrogen and oxygen atoms in total. The smallest absolute Gasteiger partial charge is 0.166 e. The van der Waals surface area contributed by atoms with Gasteiger partial charge in [0, 0.05) is 5.54 Å². The maximum absolute atomic E-state index is 5.58. The Morgan fingerprint density at radius 1 is 1.05 bits per heavy atom. The quantitative estimate of drug-likeness (QED) is 0.647. The number of nitrogens with one attached hydrogen (secondary N) is 3. The Morgan fingerprint density at radius 3 is 2.05 bits per heavy atom. The topological polar surface area (TPSA) is 28.5 Å². The lowest BCUT2D eigenvalue weighted by Gasteiger charge is -2.57. The Bertz CT molecular complexity index is 343. The van der Waals surface area contributed by atoms with Gasteiger partial charge in [-0.05, 0) is 82.3 Å². The molecule has 4 aliphatic rings. The molecule has 3 N–H and O–H groups in total. The van der Waals surface area contributed by atoms with Crippen LogP contribution in [0.4, 0.5) is 0 Å². The molecule has 0 radical (unpaired) electrons. The maximum Gasteiger partial charge on any atom is 0.166 e. The number of thiocarbonyl (C=S) groups is 1. The number of likely N-dealkylation sites (N-methyl/N-ethyl adjacent to an activating group) is 1. The molecule has 0 aromatic carbocycles. The van der Waals surface area contributed by atoms with Crippen molar-refractivity contribution in [2.75, 3.05) is 26.2 Å². The minimum atomic E-state index is 0.348. The molecular weight excluding hydrogens is 278 g/mol. The maximum atomic E-state index is 5.58. The highest BCUT2D eigenvalue weighted by Gasteiger charge is 2.51. The average molecular weight is 311 g/mol. The minimum Gasteiger partial charge on any atom is -0.357 e. The zero-order valence-electron chi connectivity index (χ0n) is 13.7. The van der Waals surface area contributed by atoms with Crippen molar-refractivity contribution in [1.29, 1.82) is 0 Å². The van der Waals surface area contributed by atoms with Crippen LogP contribution in [0.15, 0.2) is 0 Å². The van der Waals surface area contributed by atoms with Gasteiger partial charge >= 0.3 is 0 Å². The SMILES string of the molecule is CC[NH+](CC)CCNC(=S)NC12CC3CC(CC(C3)C1)C2. The number of hydrogen-bond acceptors (Lipinski definition) is 1. The van der Waals surface area contributed by atoms with Crippen LogP contribution < -0.4 is 15.5 Å². The summed E-state index contributed by atoms with van der Waals surface area (Å²) in [5.74, 6) is 2.94. The van der Waals surface area contributed by atoms with E-state index >= 15 is 0 Å². The highest BCUT2D eigenvalue weighted by Crippen LogP contribution is 2.55. The van der Waals surface area contributed by atoms with E-state index in [1.165, 1.54) is 51.6 Å². The van der Waals surface area contributed by atoms with E-state index in [-0.39, 0.29) is 0 Å². The van der Waals surface area contributed by atoms with E-state index in [0.29, 0.717) is 5.54 Å². The molecule has 0 amide bonds. The second kappa shape index (κ2) is 6.41. The van der Waals surface area contributed by atoms with Crippen LogP contribution in [0.5, 0.6) is 0 Å². The van der Waals surface area contributed by atoms with Gasteiger partial charge in [-0.15, -0.1) is 0 Å². The van der Waals surface area contributed by atoms with Crippen LogP contribution in [-0.4, -0.2) is 36.8 Å². The summed E-state index contributed by atoms with van der Waals surface area (Å²) in [6.07, 6.45) is 8.57. The fourth-order valence-corrected chi connectivity index (χ4v) is 5.82. The van der Waals surface area contributed by atoms with Crippen LogP contribution in [0.3, 0.4) is 0 Å². The molecule has 0 aliphatic heterocycles. The summed E-state index contributed by atoms with van der Waals surface area (Å²) in [4.78, 5) is 1.64. The van der Waals surface area contributed by atoms with E-state index in [4.69, 9.17) is 12.2 Å². The van der Waals surface area contributed by atoms with Crippen molar-refractivity contribution < 1.29 is 4.90 Å². The van der Waals surface area contributed by atoms with Crippen molar-refractivity contribution in [2.24, 2.45) is 17.8 Å². The molecule has 4 rings (SSSR count). The van der Waals surface area contributed by atoms with Crippen molar-refractivity contribution in [3.63, 3.8) is 0 Å². The van der Waals surface area contributed by atoms with Gasteiger partial charge in [-0.3, -0.25) is 0 Å². The zero-order valence-corrected chi connectivity index (χ0v) is 14.5.